The Morgan fingerprint density at radius 1 is 1.26 bits per heavy atom. The van der Waals surface area contributed by atoms with E-state index < -0.39 is 0 Å². The molecule has 0 bridgehead atoms. The van der Waals surface area contributed by atoms with Gasteiger partial charge in [0.1, 0.15) is 0 Å². The van der Waals surface area contributed by atoms with Gasteiger partial charge in [-0.25, -0.2) is 0 Å². The van der Waals surface area contributed by atoms with Gasteiger partial charge in [0.15, 0.2) is 0 Å². The van der Waals surface area contributed by atoms with E-state index in [2.05, 4.69) is 48.3 Å². The fourth-order valence-corrected chi connectivity index (χ4v) is 2.72. The number of likely N-dealkylation sites (N-methyl/N-ethyl adjacent to an activating group) is 1. The van der Waals surface area contributed by atoms with E-state index in [4.69, 9.17) is 0 Å². The van der Waals surface area contributed by atoms with Crippen LogP contribution in [-0.2, 0) is 6.54 Å². The number of benzene rings is 1. The van der Waals surface area contributed by atoms with Gasteiger partial charge in [-0.3, -0.25) is 4.90 Å². The largest absolute Gasteiger partial charge is 0.311 e. The quantitative estimate of drug-likeness (QED) is 0.897. The molecule has 0 saturated carbocycles. The maximum Gasteiger partial charge on any atom is 0.0221 e. The Balaban J connectivity index is 0.00000162. The van der Waals surface area contributed by atoms with Crippen LogP contribution in [0, 0.1) is 6.92 Å². The number of halogens is 2. The molecule has 1 heterocycles. The number of hydrogen-bond acceptors (Lipinski definition) is 2. The lowest BCUT2D eigenvalue weighted by molar-refractivity contribution is 0.260. The Bertz CT molecular complexity index is 358. The first kappa shape index (κ1) is 18.7. The molecule has 2 rings (SSSR count). The second kappa shape index (κ2) is 9.60. The SMILES string of the molecule is CCN1CCCC1CNCc1ccccc1C.Cl.Cl. The Morgan fingerprint density at radius 3 is 2.68 bits per heavy atom. The molecular formula is C15H26Cl2N2. The van der Waals surface area contributed by atoms with E-state index in [0.717, 1.165) is 19.1 Å². The summed E-state index contributed by atoms with van der Waals surface area (Å²) in [5.74, 6) is 0. The van der Waals surface area contributed by atoms with Crippen LogP contribution in [0.25, 0.3) is 0 Å². The number of likely N-dealkylation sites (tertiary alicyclic amines) is 1. The zero-order valence-corrected chi connectivity index (χ0v) is 13.5. The molecule has 1 aromatic carbocycles. The minimum Gasteiger partial charge on any atom is -0.311 e. The van der Waals surface area contributed by atoms with Gasteiger partial charge in [-0.2, -0.15) is 0 Å². The average molecular weight is 305 g/mol. The molecule has 1 fully saturated rings. The van der Waals surface area contributed by atoms with Gasteiger partial charge in [-0.05, 0) is 44.0 Å². The minimum absolute atomic E-state index is 0. The minimum atomic E-state index is 0. The third kappa shape index (κ3) is 5.31. The number of nitrogens with zero attached hydrogens (tertiary/aromatic N) is 1. The summed E-state index contributed by atoms with van der Waals surface area (Å²) in [7, 11) is 0. The molecule has 0 spiro atoms. The smallest absolute Gasteiger partial charge is 0.0221 e. The van der Waals surface area contributed by atoms with Crippen LogP contribution < -0.4 is 5.32 Å². The van der Waals surface area contributed by atoms with E-state index >= 15 is 0 Å². The van der Waals surface area contributed by atoms with Crippen molar-refractivity contribution in [2.45, 2.75) is 39.3 Å². The van der Waals surface area contributed by atoms with Crippen LogP contribution in [0.1, 0.15) is 30.9 Å². The van der Waals surface area contributed by atoms with Gasteiger partial charge in [0.2, 0.25) is 0 Å². The molecule has 1 atom stereocenters. The van der Waals surface area contributed by atoms with Crippen LogP contribution in [0.15, 0.2) is 24.3 Å². The van der Waals surface area contributed by atoms with Crippen LogP contribution in [0.2, 0.25) is 0 Å². The van der Waals surface area contributed by atoms with Crippen molar-refractivity contribution in [1.82, 2.24) is 10.2 Å². The first-order valence-corrected chi connectivity index (χ1v) is 6.80. The van der Waals surface area contributed by atoms with Crippen molar-refractivity contribution in [2.24, 2.45) is 0 Å². The Morgan fingerprint density at radius 2 is 2.00 bits per heavy atom. The van der Waals surface area contributed by atoms with E-state index in [0.29, 0.717) is 0 Å². The molecule has 1 N–H and O–H groups in total. The predicted molar refractivity (Wildman–Crippen MR) is 87.7 cm³/mol. The zero-order chi connectivity index (χ0) is 12.1. The fourth-order valence-electron chi connectivity index (χ4n) is 2.72. The van der Waals surface area contributed by atoms with Crippen molar-refractivity contribution < 1.29 is 0 Å². The highest BCUT2D eigenvalue weighted by Crippen LogP contribution is 2.15. The molecule has 110 valence electrons. The van der Waals surface area contributed by atoms with Crippen molar-refractivity contribution in [3.8, 4) is 0 Å². The van der Waals surface area contributed by atoms with E-state index in [-0.39, 0.29) is 24.8 Å². The van der Waals surface area contributed by atoms with E-state index in [9.17, 15) is 0 Å². The van der Waals surface area contributed by atoms with Crippen molar-refractivity contribution >= 4 is 24.8 Å². The monoisotopic (exact) mass is 304 g/mol. The summed E-state index contributed by atoms with van der Waals surface area (Å²) in [5.41, 5.74) is 2.81. The molecule has 0 aromatic heterocycles. The highest BCUT2D eigenvalue weighted by Gasteiger charge is 2.21. The maximum atomic E-state index is 3.61. The van der Waals surface area contributed by atoms with Gasteiger partial charge in [0, 0.05) is 19.1 Å². The van der Waals surface area contributed by atoms with Crippen molar-refractivity contribution in [3.05, 3.63) is 35.4 Å². The third-order valence-corrected chi connectivity index (χ3v) is 3.86. The van der Waals surface area contributed by atoms with Crippen LogP contribution in [0.4, 0.5) is 0 Å². The summed E-state index contributed by atoms with van der Waals surface area (Å²) in [6.07, 6.45) is 2.72. The molecule has 1 aromatic rings. The molecule has 0 amide bonds. The first-order chi connectivity index (χ1) is 8.31. The van der Waals surface area contributed by atoms with Gasteiger partial charge in [0.05, 0.1) is 0 Å². The molecule has 0 aliphatic carbocycles. The molecule has 0 radical (unpaired) electrons. The number of rotatable bonds is 5. The van der Waals surface area contributed by atoms with E-state index in [1.165, 1.54) is 37.1 Å². The predicted octanol–water partition coefficient (Wildman–Crippen LogP) is 3.41. The molecular weight excluding hydrogens is 279 g/mol. The van der Waals surface area contributed by atoms with Gasteiger partial charge < -0.3 is 5.32 Å². The second-order valence-electron chi connectivity index (χ2n) is 4.98. The zero-order valence-electron chi connectivity index (χ0n) is 11.9. The molecule has 4 heteroatoms. The number of nitrogens with one attached hydrogen (secondary N) is 1. The van der Waals surface area contributed by atoms with E-state index in [1.807, 2.05) is 0 Å². The summed E-state index contributed by atoms with van der Waals surface area (Å²) >= 11 is 0. The molecule has 1 saturated heterocycles. The lowest BCUT2D eigenvalue weighted by Crippen LogP contribution is -2.37. The normalized spacial score (nSPS) is 18.7. The van der Waals surface area contributed by atoms with Crippen LogP contribution in [0.5, 0.6) is 0 Å². The summed E-state index contributed by atoms with van der Waals surface area (Å²) < 4.78 is 0. The average Bonchev–Trinajstić information content (AvgIpc) is 2.79. The summed E-state index contributed by atoms with van der Waals surface area (Å²) in [6.45, 7) is 9.05. The topological polar surface area (TPSA) is 15.3 Å². The van der Waals surface area contributed by atoms with Gasteiger partial charge in [-0.15, -0.1) is 24.8 Å². The van der Waals surface area contributed by atoms with E-state index in [1.54, 1.807) is 0 Å². The molecule has 1 unspecified atom stereocenters. The summed E-state index contributed by atoms with van der Waals surface area (Å²) in [5, 5.41) is 3.61. The summed E-state index contributed by atoms with van der Waals surface area (Å²) in [4.78, 5) is 2.59. The van der Waals surface area contributed by atoms with Crippen LogP contribution >= 0.6 is 24.8 Å². The third-order valence-electron chi connectivity index (χ3n) is 3.86. The first-order valence-electron chi connectivity index (χ1n) is 6.80. The molecule has 1 aliphatic rings. The summed E-state index contributed by atoms with van der Waals surface area (Å²) in [6, 6.07) is 9.38. The Kier molecular flexibility index (Phi) is 9.46. The van der Waals surface area contributed by atoms with Gasteiger partial charge in [0.25, 0.3) is 0 Å². The second-order valence-corrected chi connectivity index (χ2v) is 4.98. The highest BCUT2D eigenvalue weighted by atomic mass is 35.5. The number of hydrogen-bond donors (Lipinski definition) is 1. The number of aryl methyl sites for hydroxylation is 1. The lowest BCUT2D eigenvalue weighted by Gasteiger charge is -2.23. The van der Waals surface area contributed by atoms with Gasteiger partial charge >= 0.3 is 0 Å². The van der Waals surface area contributed by atoms with Crippen molar-refractivity contribution in [3.63, 3.8) is 0 Å². The fraction of sp³-hybridized carbons (Fsp3) is 0.600. The maximum absolute atomic E-state index is 3.61. The molecule has 2 nitrogen and oxygen atoms in total. The Hall–Kier alpha value is -0.280. The van der Waals surface area contributed by atoms with Crippen LogP contribution in [-0.4, -0.2) is 30.6 Å². The highest BCUT2D eigenvalue weighted by molar-refractivity contribution is 5.85. The van der Waals surface area contributed by atoms with Gasteiger partial charge in [-0.1, -0.05) is 31.2 Å². The lowest BCUT2D eigenvalue weighted by atomic mass is 10.1. The molecule has 19 heavy (non-hydrogen) atoms. The Labute approximate surface area is 129 Å². The van der Waals surface area contributed by atoms with Crippen molar-refractivity contribution in [1.29, 1.82) is 0 Å². The molecule has 1 aliphatic heterocycles. The van der Waals surface area contributed by atoms with Crippen molar-refractivity contribution in [2.75, 3.05) is 19.6 Å². The van der Waals surface area contributed by atoms with Crippen LogP contribution in [0.3, 0.4) is 0 Å². The standard InChI is InChI=1S/C15H24N2.2ClH/c1-3-17-10-6-9-15(17)12-16-11-14-8-5-4-7-13(14)2;;/h4-5,7-8,15-16H,3,6,9-12H2,1-2H3;2*1H.